The SMILES string of the molecule is Cc1[nH]nc(C(=O)CCN2CCOCC2)c1Br. The molecule has 1 saturated heterocycles. The number of hydrogen-bond donors (Lipinski definition) is 1. The van der Waals surface area contributed by atoms with Crippen molar-refractivity contribution in [3.05, 3.63) is 15.9 Å². The molecule has 1 N–H and O–H groups in total. The Balaban J connectivity index is 1.86. The first-order chi connectivity index (χ1) is 8.18. The summed E-state index contributed by atoms with van der Waals surface area (Å²) in [6, 6.07) is 0. The van der Waals surface area contributed by atoms with E-state index in [0.29, 0.717) is 12.1 Å². The molecule has 1 aliphatic rings. The van der Waals surface area contributed by atoms with E-state index in [1.54, 1.807) is 0 Å². The number of morpholine rings is 1. The molecule has 6 heteroatoms. The van der Waals surface area contributed by atoms with Crippen LogP contribution in [-0.4, -0.2) is 53.7 Å². The zero-order valence-corrected chi connectivity index (χ0v) is 11.4. The Kier molecular flexibility index (Phi) is 4.31. The first-order valence-corrected chi connectivity index (χ1v) is 6.51. The maximum absolute atomic E-state index is 12.0. The Morgan fingerprint density at radius 1 is 1.53 bits per heavy atom. The van der Waals surface area contributed by atoms with Crippen LogP contribution in [-0.2, 0) is 4.74 Å². The Labute approximate surface area is 109 Å². The van der Waals surface area contributed by atoms with Gasteiger partial charge in [-0.2, -0.15) is 5.10 Å². The fourth-order valence-corrected chi connectivity index (χ4v) is 2.20. The van der Waals surface area contributed by atoms with E-state index < -0.39 is 0 Å². The number of H-pyrrole nitrogens is 1. The van der Waals surface area contributed by atoms with E-state index in [-0.39, 0.29) is 5.78 Å². The van der Waals surface area contributed by atoms with Gasteiger partial charge < -0.3 is 4.74 Å². The van der Waals surface area contributed by atoms with Gasteiger partial charge in [-0.25, -0.2) is 0 Å². The monoisotopic (exact) mass is 301 g/mol. The van der Waals surface area contributed by atoms with Gasteiger partial charge >= 0.3 is 0 Å². The quantitative estimate of drug-likeness (QED) is 0.854. The minimum Gasteiger partial charge on any atom is -0.379 e. The smallest absolute Gasteiger partial charge is 0.185 e. The lowest BCUT2D eigenvalue weighted by molar-refractivity contribution is 0.0369. The molecule has 0 spiro atoms. The Morgan fingerprint density at radius 2 is 2.24 bits per heavy atom. The molecule has 1 fully saturated rings. The third-order valence-electron chi connectivity index (χ3n) is 2.90. The standard InChI is InChI=1S/C11H16BrN3O2/c1-8-10(12)11(14-13-8)9(16)2-3-15-4-6-17-7-5-15/h2-7H2,1H3,(H,13,14). The molecule has 0 unspecified atom stereocenters. The van der Waals surface area contributed by atoms with Crippen LogP contribution in [0.25, 0.3) is 0 Å². The number of ether oxygens (including phenoxy) is 1. The number of hydrogen-bond acceptors (Lipinski definition) is 4. The number of carbonyl (C=O) groups excluding carboxylic acids is 1. The van der Waals surface area contributed by atoms with Gasteiger partial charge in [-0.05, 0) is 22.9 Å². The van der Waals surface area contributed by atoms with Crippen molar-refractivity contribution >= 4 is 21.7 Å². The van der Waals surface area contributed by atoms with Gasteiger partial charge in [0.1, 0.15) is 5.69 Å². The van der Waals surface area contributed by atoms with Crippen molar-refractivity contribution in [1.29, 1.82) is 0 Å². The minimum absolute atomic E-state index is 0.0766. The van der Waals surface area contributed by atoms with Crippen LogP contribution in [0.1, 0.15) is 22.6 Å². The number of carbonyl (C=O) groups is 1. The fourth-order valence-electron chi connectivity index (χ4n) is 1.80. The number of aryl methyl sites for hydroxylation is 1. The van der Waals surface area contributed by atoms with Gasteiger partial charge in [0.15, 0.2) is 5.78 Å². The van der Waals surface area contributed by atoms with Crippen LogP contribution in [0.2, 0.25) is 0 Å². The summed E-state index contributed by atoms with van der Waals surface area (Å²) in [4.78, 5) is 14.2. The van der Waals surface area contributed by atoms with Crippen LogP contribution in [0.15, 0.2) is 4.47 Å². The molecule has 1 aromatic rings. The second-order valence-electron chi connectivity index (χ2n) is 4.14. The molecule has 1 aliphatic heterocycles. The van der Waals surface area contributed by atoms with Gasteiger partial charge in [0, 0.05) is 31.7 Å². The zero-order chi connectivity index (χ0) is 12.3. The van der Waals surface area contributed by atoms with E-state index >= 15 is 0 Å². The van der Waals surface area contributed by atoms with Crippen LogP contribution in [0.5, 0.6) is 0 Å². The molecule has 17 heavy (non-hydrogen) atoms. The summed E-state index contributed by atoms with van der Waals surface area (Å²) in [5, 5.41) is 6.82. The summed E-state index contributed by atoms with van der Waals surface area (Å²) in [6.45, 7) is 6.01. The van der Waals surface area contributed by atoms with Crippen molar-refractivity contribution in [1.82, 2.24) is 15.1 Å². The first kappa shape index (κ1) is 12.7. The summed E-state index contributed by atoms with van der Waals surface area (Å²) in [7, 11) is 0. The second-order valence-corrected chi connectivity index (χ2v) is 4.93. The molecule has 2 rings (SSSR count). The van der Waals surface area contributed by atoms with Crippen molar-refractivity contribution < 1.29 is 9.53 Å². The number of Topliss-reactive ketones (excluding diaryl/α,β-unsaturated/α-hetero) is 1. The number of ketones is 1. The highest BCUT2D eigenvalue weighted by Gasteiger charge is 2.17. The largest absolute Gasteiger partial charge is 0.379 e. The van der Waals surface area contributed by atoms with Crippen LogP contribution < -0.4 is 0 Å². The normalized spacial score (nSPS) is 17.3. The van der Waals surface area contributed by atoms with E-state index in [0.717, 1.165) is 43.0 Å². The van der Waals surface area contributed by atoms with E-state index in [4.69, 9.17) is 4.74 Å². The third-order valence-corrected chi connectivity index (χ3v) is 3.87. The molecule has 0 amide bonds. The average Bonchev–Trinajstić information content (AvgIpc) is 2.69. The van der Waals surface area contributed by atoms with Gasteiger partial charge in [-0.15, -0.1) is 0 Å². The van der Waals surface area contributed by atoms with Crippen LogP contribution in [0.4, 0.5) is 0 Å². The van der Waals surface area contributed by atoms with Crippen molar-refractivity contribution in [2.24, 2.45) is 0 Å². The maximum Gasteiger partial charge on any atom is 0.185 e. The molecule has 5 nitrogen and oxygen atoms in total. The van der Waals surface area contributed by atoms with Gasteiger partial charge in [0.05, 0.1) is 17.7 Å². The molecule has 0 saturated carbocycles. The molecule has 0 bridgehead atoms. The lowest BCUT2D eigenvalue weighted by Crippen LogP contribution is -2.37. The summed E-state index contributed by atoms with van der Waals surface area (Å²) in [6.07, 6.45) is 0.503. The Morgan fingerprint density at radius 3 is 2.82 bits per heavy atom. The number of aromatic nitrogens is 2. The number of nitrogens with zero attached hydrogens (tertiary/aromatic N) is 2. The first-order valence-electron chi connectivity index (χ1n) is 5.72. The highest BCUT2D eigenvalue weighted by atomic mass is 79.9. The summed E-state index contributed by atoms with van der Waals surface area (Å²) in [5.41, 5.74) is 1.40. The van der Waals surface area contributed by atoms with Crippen LogP contribution in [0.3, 0.4) is 0 Å². The minimum atomic E-state index is 0.0766. The van der Waals surface area contributed by atoms with Gasteiger partial charge in [0.25, 0.3) is 0 Å². The van der Waals surface area contributed by atoms with Crippen LogP contribution in [0, 0.1) is 6.92 Å². The van der Waals surface area contributed by atoms with Gasteiger partial charge in [-0.1, -0.05) is 0 Å². The Hall–Kier alpha value is -0.720. The summed E-state index contributed by atoms with van der Waals surface area (Å²) in [5.74, 6) is 0.0766. The topological polar surface area (TPSA) is 58.2 Å². The predicted molar refractivity (Wildman–Crippen MR) is 67.2 cm³/mol. The summed E-state index contributed by atoms with van der Waals surface area (Å²) >= 11 is 3.37. The van der Waals surface area contributed by atoms with Gasteiger partial charge in [0.2, 0.25) is 0 Å². The number of rotatable bonds is 4. The molecule has 0 aromatic carbocycles. The molecule has 2 heterocycles. The van der Waals surface area contributed by atoms with Crippen molar-refractivity contribution in [2.45, 2.75) is 13.3 Å². The zero-order valence-electron chi connectivity index (χ0n) is 9.83. The highest BCUT2D eigenvalue weighted by molar-refractivity contribution is 9.10. The van der Waals surface area contributed by atoms with Crippen molar-refractivity contribution in [2.75, 3.05) is 32.8 Å². The number of halogens is 1. The number of nitrogens with one attached hydrogen (secondary N) is 1. The van der Waals surface area contributed by atoms with Crippen molar-refractivity contribution in [3.63, 3.8) is 0 Å². The molecular formula is C11H16BrN3O2. The molecule has 0 atom stereocenters. The molecule has 94 valence electrons. The molecule has 1 aromatic heterocycles. The second kappa shape index (κ2) is 5.75. The van der Waals surface area contributed by atoms with E-state index in [1.165, 1.54) is 0 Å². The molecule has 0 radical (unpaired) electrons. The Bertz CT molecular complexity index is 399. The third kappa shape index (κ3) is 3.14. The average molecular weight is 302 g/mol. The lowest BCUT2D eigenvalue weighted by atomic mass is 10.2. The molecular weight excluding hydrogens is 286 g/mol. The fraction of sp³-hybridized carbons (Fsp3) is 0.636. The highest BCUT2D eigenvalue weighted by Crippen LogP contribution is 2.19. The van der Waals surface area contributed by atoms with E-state index in [1.807, 2.05) is 6.92 Å². The van der Waals surface area contributed by atoms with Crippen LogP contribution >= 0.6 is 15.9 Å². The number of aromatic amines is 1. The van der Waals surface area contributed by atoms with Gasteiger partial charge in [-0.3, -0.25) is 14.8 Å². The maximum atomic E-state index is 12.0. The van der Waals surface area contributed by atoms with Crippen molar-refractivity contribution in [3.8, 4) is 0 Å². The van der Waals surface area contributed by atoms with E-state index in [2.05, 4.69) is 31.0 Å². The molecule has 0 aliphatic carbocycles. The predicted octanol–water partition coefficient (Wildman–Crippen LogP) is 1.39. The summed E-state index contributed by atoms with van der Waals surface area (Å²) < 4.78 is 6.04. The lowest BCUT2D eigenvalue weighted by Gasteiger charge is -2.25. The van der Waals surface area contributed by atoms with E-state index in [9.17, 15) is 4.79 Å².